The molecule has 10 nitrogen and oxygen atoms in total. The Labute approximate surface area is 268 Å². The first-order valence-electron chi connectivity index (χ1n) is 15.5. The second-order valence-corrected chi connectivity index (χ2v) is 12.8. The smallest absolute Gasteiger partial charge is 0.274 e. The Morgan fingerprint density at radius 2 is 1.78 bits per heavy atom. The highest BCUT2D eigenvalue weighted by atomic mass is 16.5. The largest absolute Gasteiger partial charge is 0.392 e. The van der Waals surface area contributed by atoms with Crippen LogP contribution in [0.4, 0.5) is 17.2 Å². The van der Waals surface area contributed by atoms with Gasteiger partial charge in [0.05, 0.1) is 31.1 Å². The van der Waals surface area contributed by atoms with Crippen molar-refractivity contribution in [1.29, 1.82) is 0 Å². The predicted octanol–water partition coefficient (Wildman–Crippen LogP) is 4.66. The van der Waals surface area contributed by atoms with E-state index < -0.39 is 0 Å². The molecule has 0 aliphatic carbocycles. The maximum Gasteiger partial charge on any atom is 0.274 e. The number of carbonyl (C=O) groups is 2. The molecular formula is C36H39N5O5. The van der Waals surface area contributed by atoms with Crippen LogP contribution in [-0.4, -0.2) is 64.2 Å². The molecule has 10 heteroatoms. The van der Waals surface area contributed by atoms with Gasteiger partial charge in [-0.2, -0.15) is 0 Å². The van der Waals surface area contributed by atoms with E-state index in [-0.39, 0.29) is 35.1 Å². The van der Waals surface area contributed by atoms with Gasteiger partial charge >= 0.3 is 0 Å². The molecule has 2 aliphatic heterocycles. The molecule has 1 fully saturated rings. The van der Waals surface area contributed by atoms with Crippen LogP contribution in [0.1, 0.15) is 58.2 Å². The summed E-state index contributed by atoms with van der Waals surface area (Å²) in [6.07, 6.45) is 3.92. The van der Waals surface area contributed by atoms with Gasteiger partial charge < -0.3 is 29.5 Å². The van der Waals surface area contributed by atoms with Gasteiger partial charge in [-0.05, 0) is 58.9 Å². The normalized spacial score (nSPS) is 15.1. The van der Waals surface area contributed by atoms with E-state index in [1.807, 2.05) is 30.3 Å². The number of hydrogen-bond acceptors (Lipinski definition) is 7. The fourth-order valence-electron chi connectivity index (χ4n) is 6.08. The summed E-state index contributed by atoms with van der Waals surface area (Å²) in [7, 11) is 1.66. The minimum atomic E-state index is -0.295. The maximum atomic E-state index is 13.8. The zero-order chi connectivity index (χ0) is 32.6. The lowest BCUT2D eigenvalue weighted by atomic mass is 9.84. The van der Waals surface area contributed by atoms with Crippen molar-refractivity contribution in [2.75, 3.05) is 43.1 Å². The van der Waals surface area contributed by atoms with E-state index in [0.717, 1.165) is 5.56 Å². The first-order chi connectivity index (χ1) is 22.0. The number of ether oxygens (including phenoxy) is 1. The Balaban J connectivity index is 1.28. The number of aryl methyl sites for hydroxylation is 1. The van der Waals surface area contributed by atoms with Crippen LogP contribution in [0.3, 0.4) is 0 Å². The third kappa shape index (κ3) is 6.05. The van der Waals surface area contributed by atoms with Crippen molar-refractivity contribution >= 4 is 29.0 Å². The van der Waals surface area contributed by atoms with Gasteiger partial charge in [-0.3, -0.25) is 14.4 Å². The molecule has 1 saturated heterocycles. The molecule has 4 heterocycles. The van der Waals surface area contributed by atoms with Crippen molar-refractivity contribution in [3.63, 3.8) is 0 Å². The van der Waals surface area contributed by atoms with Crippen molar-refractivity contribution < 1.29 is 19.4 Å². The van der Waals surface area contributed by atoms with Crippen LogP contribution in [0, 0.1) is 0 Å². The van der Waals surface area contributed by atoms with Gasteiger partial charge in [-0.1, -0.05) is 45.0 Å². The first kappa shape index (κ1) is 31.2. The standard InChI is InChI=1S/C36H39N5O5/c1-36(2,3)26-9-10-28-23(18-26)12-13-41(34(28)44)31-7-5-6-27(29(31)22-42)25-19-30(35(45)39(4)21-25)38-32-11-8-24(20-37-32)33(43)40-14-16-46-17-15-40/h5-11,18-21,42H,12-17,22H2,1-4H3,(H,37,38)/i22+2. The summed E-state index contributed by atoms with van der Waals surface area (Å²) in [6, 6.07) is 16.7. The number of nitrogens with zero attached hydrogens (tertiary/aromatic N) is 4. The number of morpholine rings is 1. The van der Waals surface area contributed by atoms with Gasteiger partial charge in [-0.15, -0.1) is 0 Å². The summed E-state index contributed by atoms with van der Waals surface area (Å²) in [5.41, 5.74) is 6.00. The molecule has 0 saturated carbocycles. The number of aromatic nitrogens is 2. The second-order valence-electron chi connectivity index (χ2n) is 12.8. The molecule has 2 aromatic heterocycles. The molecule has 0 atom stereocenters. The number of pyridine rings is 2. The van der Waals surface area contributed by atoms with Crippen LogP contribution in [0.15, 0.2) is 71.8 Å². The second kappa shape index (κ2) is 12.5. The van der Waals surface area contributed by atoms with Gasteiger partial charge in [0.2, 0.25) is 0 Å². The Morgan fingerprint density at radius 1 is 1.00 bits per heavy atom. The lowest BCUT2D eigenvalue weighted by Crippen LogP contribution is -2.40. The number of benzene rings is 2. The average molecular weight is 624 g/mol. The van der Waals surface area contributed by atoms with Crippen molar-refractivity contribution in [1.82, 2.24) is 14.5 Å². The summed E-state index contributed by atoms with van der Waals surface area (Å²) in [6.45, 7) is 8.78. The quantitative estimate of drug-likeness (QED) is 0.321. The number of hydrogen-bond donors (Lipinski definition) is 2. The molecular weight excluding hydrogens is 584 g/mol. The molecule has 0 bridgehead atoms. The van der Waals surface area contributed by atoms with Crippen LogP contribution in [0.2, 0.25) is 0 Å². The minimum Gasteiger partial charge on any atom is -0.392 e. The van der Waals surface area contributed by atoms with E-state index in [1.54, 1.807) is 41.2 Å². The Kier molecular flexibility index (Phi) is 8.50. The number of aliphatic hydroxyl groups excluding tert-OH is 1. The fourth-order valence-corrected chi connectivity index (χ4v) is 6.08. The Hall–Kier alpha value is -4.80. The molecule has 2 aromatic carbocycles. The summed E-state index contributed by atoms with van der Waals surface area (Å²) in [4.78, 5) is 47.6. The van der Waals surface area contributed by atoms with Crippen molar-refractivity contribution in [2.24, 2.45) is 7.05 Å². The predicted molar refractivity (Wildman–Crippen MR) is 178 cm³/mol. The monoisotopic (exact) mass is 623 g/mol. The molecule has 2 amide bonds. The number of fused-ring (bicyclic) bond motifs is 1. The number of rotatable bonds is 6. The highest BCUT2D eigenvalue weighted by Crippen LogP contribution is 2.36. The number of aliphatic hydroxyl groups is 1. The highest BCUT2D eigenvalue weighted by Gasteiger charge is 2.29. The third-order valence-electron chi connectivity index (χ3n) is 8.72. The van der Waals surface area contributed by atoms with E-state index in [0.29, 0.717) is 78.6 Å². The molecule has 0 radical (unpaired) electrons. The number of amides is 2. The maximum absolute atomic E-state index is 13.8. The molecule has 2 N–H and O–H groups in total. The van der Waals surface area contributed by atoms with Gasteiger partial charge in [0.25, 0.3) is 17.4 Å². The van der Waals surface area contributed by atoms with E-state index in [2.05, 4.69) is 37.1 Å². The van der Waals surface area contributed by atoms with E-state index in [9.17, 15) is 19.5 Å². The van der Waals surface area contributed by atoms with Gasteiger partial charge in [0, 0.05) is 55.8 Å². The minimum absolute atomic E-state index is 0.0152. The zero-order valence-corrected chi connectivity index (χ0v) is 26.7. The molecule has 46 heavy (non-hydrogen) atoms. The topological polar surface area (TPSA) is 117 Å². The fraction of sp³-hybridized carbons (Fsp3) is 0.333. The number of nitrogens with one attached hydrogen (secondary N) is 1. The zero-order valence-electron chi connectivity index (χ0n) is 26.7. The molecule has 238 valence electrons. The van der Waals surface area contributed by atoms with Crippen LogP contribution in [-0.2, 0) is 30.2 Å². The van der Waals surface area contributed by atoms with Gasteiger partial charge in [-0.25, -0.2) is 4.98 Å². The number of anilines is 3. The van der Waals surface area contributed by atoms with Crippen molar-refractivity contribution in [3.05, 3.63) is 105 Å². The van der Waals surface area contributed by atoms with Crippen LogP contribution in [0.25, 0.3) is 11.1 Å². The van der Waals surface area contributed by atoms with Gasteiger partial charge in [0.1, 0.15) is 11.5 Å². The van der Waals surface area contributed by atoms with Crippen LogP contribution < -0.4 is 15.8 Å². The summed E-state index contributed by atoms with van der Waals surface area (Å²) in [5.74, 6) is 0.205. The lowest BCUT2D eigenvalue weighted by Gasteiger charge is -2.32. The number of carbonyl (C=O) groups excluding carboxylic acids is 2. The summed E-state index contributed by atoms with van der Waals surface area (Å²) in [5, 5.41) is 13.7. The highest BCUT2D eigenvalue weighted by molar-refractivity contribution is 6.09. The van der Waals surface area contributed by atoms with Crippen molar-refractivity contribution in [2.45, 2.75) is 39.2 Å². The van der Waals surface area contributed by atoms with Crippen molar-refractivity contribution in [3.8, 4) is 11.1 Å². The van der Waals surface area contributed by atoms with Crippen LogP contribution >= 0.6 is 0 Å². The Bertz CT molecular complexity index is 1850. The summed E-state index contributed by atoms with van der Waals surface area (Å²) >= 11 is 0. The van der Waals surface area contributed by atoms with Gasteiger partial charge in [0.15, 0.2) is 0 Å². The van der Waals surface area contributed by atoms with E-state index in [4.69, 9.17) is 4.74 Å². The van der Waals surface area contributed by atoms with Crippen LogP contribution in [0.5, 0.6) is 0 Å². The third-order valence-corrected chi connectivity index (χ3v) is 8.72. The molecule has 4 aromatic rings. The lowest BCUT2D eigenvalue weighted by molar-refractivity contribution is 0.0302. The van der Waals surface area contributed by atoms with E-state index >= 15 is 0 Å². The molecule has 0 spiro atoms. The SMILES string of the molecule is Cn1cc(-c2cccc(N3CCc4cc(C(C)(C)C)ccc4C3=O)c2[14CH2]O)cc(Nc2ccc(C(=O)N3CCOCC3)cn2)c1=O. The molecule has 6 rings (SSSR count). The first-order valence-corrected chi connectivity index (χ1v) is 15.5. The Morgan fingerprint density at radius 3 is 2.48 bits per heavy atom. The molecule has 2 aliphatic rings. The molecule has 0 unspecified atom stereocenters. The van der Waals surface area contributed by atoms with E-state index in [1.165, 1.54) is 16.3 Å². The summed E-state index contributed by atoms with van der Waals surface area (Å²) < 4.78 is 6.80. The average Bonchev–Trinajstić information content (AvgIpc) is 3.06.